The van der Waals surface area contributed by atoms with E-state index >= 15 is 0 Å². The van der Waals surface area contributed by atoms with Crippen molar-refractivity contribution in [3.63, 3.8) is 0 Å². The van der Waals surface area contributed by atoms with Crippen LogP contribution in [0.25, 0.3) is 0 Å². The first kappa shape index (κ1) is 13.1. The Morgan fingerprint density at radius 1 is 1.18 bits per heavy atom. The van der Waals surface area contributed by atoms with Crippen molar-refractivity contribution in [3.8, 4) is 0 Å². The summed E-state index contributed by atoms with van der Waals surface area (Å²) >= 11 is 3.87. The van der Waals surface area contributed by atoms with Gasteiger partial charge in [-0.2, -0.15) is 0 Å². The van der Waals surface area contributed by atoms with E-state index in [0.717, 1.165) is 11.1 Å². The van der Waals surface area contributed by atoms with Crippen molar-refractivity contribution in [3.05, 3.63) is 34.6 Å². The lowest BCUT2D eigenvalue weighted by Gasteiger charge is -2.32. The molecular weight excluding hydrogens is 279 g/mol. The second-order valence-corrected chi connectivity index (χ2v) is 6.59. The molecule has 0 N–H and O–H groups in total. The summed E-state index contributed by atoms with van der Waals surface area (Å²) in [5, 5.41) is 0. The molecule has 1 aliphatic rings. The van der Waals surface area contributed by atoms with Gasteiger partial charge in [0.1, 0.15) is 5.82 Å². The quantitative estimate of drug-likeness (QED) is 0.636. The molecule has 0 saturated heterocycles. The van der Waals surface area contributed by atoms with E-state index in [-0.39, 0.29) is 5.82 Å². The van der Waals surface area contributed by atoms with E-state index in [2.05, 4.69) is 22.9 Å². The van der Waals surface area contributed by atoms with Gasteiger partial charge in [-0.3, -0.25) is 0 Å². The summed E-state index contributed by atoms with van der Waals surface area (Å²) in [6.07, 6.45) is 5.16. The van der Waals surface area contributed by atoms with Crippen molar-refractivity contribution in [1.82, 2.24) is 0 Å². The molecule has 94 valence electrons. The maximum absolute atomic E-state index is 13.3. The average molecular weight is 299 g/mol. The fraction of sp³-hybridized carbons (Fsp3) is 0.600. The molecule has 2 heteroatoms. The zero-order chi connectivity index (χ0) is 12.6. The number of alkyl halides is 1. The normalized spacial score (nSPS) is 20.5. The van der Waals surface area contributed by atoms with E-state index in [4.69, 9.17) is 0 Å². The predicted octanol–water partition coefficient (Wildman–Crippen LogP) is 5.46. The molecule has 0 amide bonds. The summed E-state index contributed by atoms with van der Waals surface area (Å²) in [7, 11) is 0. The fourth-order valence-electron chi connectivity index (χ4n) is 3.11. The minimum Gasteiger partial charge on any atom is -0.207 e. The van der Waals surface area contributed by atoms with Crippen LogP contribution >= 0.6 is 15.9 Å². The summed E-state index contributed by atoms with van der Waals surface area (Å²) < 4.78 is 13.3. The van der Waals surface area contributed by atoms with Gasteiger partial charge in [0.25, 0.3) is 0 Å². The summed E-state index contributed by atoms with van der Waals surface area (Å²) in [6, 6.07) is 3.30. The molecule has 0 radical (unpaired) electrons. The molecule has 0 nitrogen and oxygen atoms in total. The number of rotatable bonds is 2. The summed E-state index contributed by atoms with van der Waals surface area (Å²) in [5.74, 6) is -0.125. The molecule has 1 aliphatic carbocycles. The summed E-state index contributed by atoms with van der Waals surface area (Å²) in [4.78, 5) is 0.345. The first-order valence-electron chi connectivity index (χ1n) is 6.35. The average Bonchev–Trinajstić information content (AvgIpc) is 2.64. The number of hydrogen-bond donors (Lipinski definition) is 0. The summed E-state index contributed by atoms with van der Waals surface area (Å²) in [6.45, 7) is 6.37. The van der Waals surface area contributed by atoms with Crippen molar-refractivity contribution < 1.29 is 4.39 Å². The number of halogens is 2. The smallest absolute Gasteiger partial charge is 0.123 e. The van der Waals surface area contributed by atoms with Gasteiger partial charge >= 0.3 is 0 Å². The van der Waals surface area contributed by atoms with Crippen LogP contribution in [0.2, 0.25) is 0 Å². The van der Waals surface area contributed by atoms with Crippen molar-refractivity contribution in [2.45, 2.75) is 51.3 Å². The highest BCUT2D eigenvalue weighted by atomic mass is 79.9. The molecule has 1 atom stereocenters. The minimum absolute atomic E-state index is 0.125. The van der Waals surface area contributed by atoms with E-state index in [9.17, 15) is 4.39 Å². The second kappa shape index (κ2) is 4.72. The SMILES string of the molecule is Cc1cc(F)cc(C)c1C(Br)C1(C)CCCC1. The van der Waals surface area contributed by atoms with Gasteiger partial charge < -0.3 is 0 Å². The van der Waals surface area contributed by atoms with Crippen molar-refractivity contribution in [2.75, 3.05) is 0 Å². The molecule has 1 aromatic rings. The number of aryl methyl sites for hydroxylation is 2. The van der Waals surface area contributed by atoms with Crippen LogP contribution in [0, 0.1) is 25.1 Å². The number of benzene rings is 1. The van der Waals surface area contributed by atoms with Crippen LogP contribution in [0.15, 0.2) is 12.1 Å². The Kier molecular flexibility index (Phi) is 3.63. The van der Waals surface area contributed by atoms with Crippen LogP contribution in [0.1, 0.15) is 54.1 Å². The second-order valence-electron chi connectivity index (χ2n) is 5.68. The molecule has 0 aromatic heterocycles. The lowest BCUT2D eigenvalue weighted by molar-refractivity contribution is 0.330. The van der Waals surface area contributed by atoms with Gasteiger partial charge in [-0.1, -0.05) is 35.7 Å². The van der Waals surface area contributed by atoms with E-state index in [1.807, 2.05) is 13.8 Å². The van der Waals surface area contributed by atoms with E-state index in [1.54, 1.807) is 12.1 Å². The third kappa shape index (κ3) is 2.42. The van der Waals surface area contributed by atoms with Crippen LogP contribution < -0.4 is 0 Å². The molecule has 0 spiro atoms. The highest BCUT2D eigenvalue weighted by molar-refractivity contribution is 9.09. The van der Waals surface area contributed by atoms with Crippen molar-refractivity contribution >= 4 is 15.9 Å². The largest absolute Gasteiger partial charge is 0.207 e. The van der Waals surface area contributed by atoms with Gasteiger partial charge in [0, 0.05) is 4.83 Å². The first-order valence-corrected chi connectivity index (χ1v) is 7.26. The van der Waals surface area contributed by atoms with Crippen molar-refractivity contribution in [2.24, 2.45) is 5.41 Å². The Morgan fingerprint density at radius 2 is 1.65 bits per heavy atom. The molecular formula is C15H20BrF. The maximum atomic E-state index is 13.3. The first-order chi connectivity index (χ1) is 7.94. The summed E-state index contributed by atoms with van der Waals surface area (Å²) in [5.41, 5.74) is 3.75. The van der Waals surface area contributed by atoms with Gasteiger partial charge in [0.2, 0.25) is 0 Å². The van der Waals surface area contributed by atoms with Crippen LogP contribution in [0.4, 0.5) is 4.39 Å². The standard InChI is InChI=1S/C15H20BrF/c1-10-8-12(17)9-11(2)13(10)14(16)15(3)6-4-5-7-15/h8-9,14H,4-7H2,1-3H3. The molecule has 2 rings (SSSR count). The third-order valence-corrected chi connectivity index (χ3v) is 5.73. The number of hydrogen-bond acceptors (Lipinski definition) is 0. The lowest BCUT2D eigenvalue weighted by atomic mass is 9.79. The Labute approximate surface area is 112 Å². The molecule has 1 aromatic carbocycles. The Hall–Kier alpha value is -0.370. The van der Waals surface area contributed by atoms with Gasteiger partial charge in [0.05, 0.1) is 0 Å². The molecule has 0 heterocycles. The topological polar surface area (TPSA) is 0 Å². The van der Waals surface area contributed by atoms with E-state index in [0.29, 0.717) is 10.2 Å². The zero-order valence-corrected chi connectivity index (χ0v) is 12.4. The van der Waals surface area contributed by atoms with E-state index in [1.165, 1.54) is 31.2 Å². The van der Waals surface area contributed by atoms with Crippen LogP contribution in [-0.2, 0) is 0 Å². The molecule has 1 saturated carbocycles. The van der Waals surface area contributed by atoms with Crippen molar-refractivity contribution in [1.29, 1.82) is 0 Å². The van der Waals surface area contributed by atoms with Crippen LogP contribution in [0.3, 0.4) is 0 Å². The lowest BCUT2D eigenvalue weighted by Crippen LogP contribution is -2.19. The highest BCUT2D eigenvalue weighted by Crippen LogP contribution is 2.52. The molecule has 1 fully saturated rings. The molecule has 1 unspecified atom stereocenters. The maximum Gasteiger partial charge on any atom is 0.123 e. The van der Waals surface area contributed by atoms with Gasteiger partial charge in [-0.05, 0) is 60.9 Å². The Bertz CT molecular complexity index is 396. The zero-order valence-electron chi connectivity index (χ0n) is 10.8. The van der Waals surface area contributed by atoms with Crippen LogP contribution in [0.5, 0.6) is 0 Å². The third-order valence-electron chi connectivity index (χ3n) is 4.17. The van der Waals surface area contributed by atoms with Gasteiger partial charge in [-0.15, -0.1) is 0 Å². The fourth-order valence-corrected chi connectivity index (χ4v) is 4.29. The molecule has 0 bridgehead atoms. The minimum atomic E-state index is -0.125. The molecule has 0 aliphatic heterocycles. The van der Waals surface area contributed by atoms with Crippen LogP contribution in [-0.4, -0.2) is 0 Å². The Morgan fingerprint density at radius 3 is 2.12 bits per heavy atom. The molecule has 17 heavy (non-hydrogen) atoms. The predicted molar refractivity (Wildman–Crippen MR) is 74.1 cm³/mol. The highest BCUT2D eigenvalue weighted by Gasteiger charge is 2.37. The monoisotopic (exact) mass is 298 g/mol. The Balaban J connectivity index is 2.40. The van der Waals surface area contributed by atoms with Gasteiger partial charge in [-0.25, -0.2) is 4.39 Å². The van der Waals surface area contributed by atoms with Gasteiger partial charge in [0.15, 0.2) is 0 Å². The van der Waals surface area contributed by atoms with E-state index < -0.39 is 0 Å².